The molecule has 1 nitrogen and oxygen atoms in total. The third-order valence-corrected chi connectivity index (χ3v) is 0.890. The number of thiocarbonyl (C=S) groups is 1. The van der Waals surface area contributed by atoms with Crippen LogP contribution in [0.15, 0.2) is 0 Å². The van der Waals surface area contributed by atoms with E-state index in [1.54, 1.807) is 0 Å². The van der Waals surface area contributed by atoms with Gasteiger partial charge in [0.05, 0.1) is 6.10 Å². The highest BCUT2D eigenvalue weighted by Crippen LogP contribution is 1.81. The lowest BCUT2D eigenvalue weighted by molar-refractivity contribution is 0.244. The molecule has 36 valence electrons. The highest BCUT2D eigenvalue weighted by Gasteiger charge is 1.87. The van der Waals surface area contributed by atoms with Gasteiger partial charge in [0, 0.05) is 5.37 Å². The predicted molar refractivity (Wildman–Crippen MR) is 30.0 cm³/mol. The Morgan fingerprint density at radius 1 is 2.00 bits per heavy atom. The summed E-state index contributed by atoms with van der Waals surface area (Å²) in [6.07, 6.45) is 0.351. The van der Waals surface area contributed by atoms with E-state index in [-0.39, 0.29) is 6.10 Å². The predicted octanol–water partition coefficient (Wildman–Crippen LogP) is 0.757. The quantitative estimate of drug-likeness (QED) is 0.522. The Morgan fingerprint density at radius 3 is 2.50 bits per heavy atom. The molecule has 0 fully saturated rings. The molecule has 1 unspecified atom stereocenters. The van der Waals surface area contributed by atoms with Crippen molar-refractivity contribution < 1.29 is 5.11 Å². The first-order valence-electron chi connectivity index (χ1n) is 1.94. The van der Waals surface area contributed by atoms with Crippen LogP contribution in [0.2, 0.25) is 0 Å². The molecule has 0 aromatic heterocycles. The van der Waals surface area contributed by atoms with Crippen molar-refractivity contribution in [3.8, 4) is 0 Å². The van der Waals surface area contributed by atoms with E-state index >= 15 is 0 Å². The van der Waals surface area contributed by atoms with Gasteiger partial charge in [0.2, 0.25) is 0 Å². The number of aliphatic hydroxyl groups excluding tert-OH is 1. The zero-order chi connectivity index (χ0) is 4.99. The Balaban J connectivity index is 2.96. The van der Waals surface area contributed by atoms with Crippen LogP contribution in [0.5, 0.6) is 0 Å². The molecular formula is C4H8OS. The van der Waals surface area contributed by atoms with Crippen LogP contribution in [-0.4, -0.2) is 16.6 Å². The van der Waals surface area contributed by atoms with Crippen LogP contribution in [0.1, 0.15) is 13.3 Å². The number of aliphatic hydroxyl groups is 1. The molecule has 0 saturated carbocycles. The fourth-order valence-corrected chi connectivity index (χ4v) is 0.289. The maximum atomic E-state index is 8.51. The van der Waals surface area contributed by atoms with Gasteiger partial charge in [-0.2, -0.15) is 0 Å². The first-order chi connectivity index (χ1) is 2.81. The van der Waals surface area contributed by atoms with Crippen LogP contribution in [0, 0.1) is 0 Å². The van der Waals surface area contributed by atoms with Gasteiger partial charge < -0.3 is 5.11 Å². The van der Waals surface area contributed by atoms with Gasteiger partial charge in [0.1, 0.15) is 0 Å². The molecule has 0 radical (unpaired) electrons. The van der Waals surface area contributed by atoms with E-state index < -0.39 is 0 Å². The minimum atomic E-state index is -0.375. The number of hydrogen-bond acceptors (Lipinski definition) is 2. The van der Waals surface area contributed by atoms with Crippen LogP contribution < -0.4 is 0 Å². The van der Waals surface area contributed by atoms with Gasteiger partial charge in [-0.1, -0.05) is 19.1 Å². The van der Waals surface area contributed by atoms with E-state index in [2.05, 4.69) is 12.2 Å². The molecule has 0 aliphatic rings. The topological polar surface area (TPSA) is 20.2 Å². The summed E-state index contributed by atoms with van der Waals surface area (Å²) in [5.74, 6) is 0. The molecular weight excluding hydrogens is 96.1 g/mol. The molecule has 2 heteroatoms. The summed E-state index contributed by atoms with van der Waals surface area (Å²) in [6.45, 7) is 1.88. The highest BCUT2D eigenvalue weighted by atomic mass is 32.1. The molecule has 0 aliphatic heterocycles. The maximum absolute atomic E-state index is 8.51. The fraction of sp³-hybridized carbons (Fsp3) is 0.750. The normalized spacial score (nSPS) is 13.7. The fourth-order valence-electron chi connectivity index (χ4n) is 0.0962. The zero-order valence-electron chi connectivity index (χ0n) is 3.72. The van der Waals surface area contributed by atoms with Crippen molar-refractivity contribution in [2.45, 2.75) is 19.4 Å². The molecule has 0 amide bonds. The van der Waals surface area contributed by atoms with E-state index in [1.165, 1.54) is 5.37 Å². The lowest BCUT2D eigenvalue weighted by Gasteiger charge is -1.92. The molecule has 6 heavy (non-hydrogen) atoms. The van der Waals surface area contributed by atoms with Gasteiger partial charge in [0.15, 0.2) is 0 Å². The van der Waals surface area contributed by atoms with Gasteiger partial charge in [-0.25, -0.2) is 0 Å². The minimum absolute atomic E-state index is 0.375. The first kappa shape index (κ1) is 6.05. The average molecular weight is 104 g/mol. The Kier molecular flexibility index (Phi) is 3.28. The van der Waals surface area contributed by atoms with Crippen LogP contribution in [-0.2, 0) is 0 Å². The van der Waals surface area contributed by atoms with Crippen LogP contribution in [0.3, 0.4) is 0 Å². The first-order valence-corrected chi connectivity index (χ1v) is 2.41. The van der Waals surface area contributed by atoms with E-state index in [9.17, 15) is 0 Å². The van der Waals surface area contributed by atoms with E-state index in [4.69, 9.17) is 5.11 Å². The van der Waals surface area contributed by atoms with Crippen molar-refractivity contribution in [2.24, 2.45) is 0 Å². The molecule has 0 saturated heterocycles. The summed E-state index contributed by atoms with van der Waals surface area (Å²) >= 11 is 4.40. The number of rotatable bonds is 2. The summed E-state index contributed by atoms with van der Waals surface area (Å²) in [5, 5.41) is 9.87. The highest BCUT2D eigenvalue weighted by molar-refractivity contribution is 7.79. The van der Waals surface area contributed by atoms with Crippen molar-refractivity contribution in [1.29, 1.82) is 0 Å². The molecule has 0 aliphatic carbocycles. The van der Waals surface area contributed by atoms with Gasteiger partial charge in [-0.05, 0) is 6.42 Å². The molecule has 0 heterocycles. The van der Waals surface area contributed by atoms with Crippen molar-refractivity contribution in [2.75, 3.05) is 0 Å². The van der Waals surface area contributed by atoms with E-state index in [0.717, 1.165) is 6.42 Å². The largest absolute Gasteiger partial charge is 0.388 e. The average Bonchev–Trinajstić information content (AvgIpc) is 1.65. The zero-order valence-corrected chi connectivity index (χ0v) is 4.53. The monoisotopic (exact) mass is 104 g/mol. The molecule has 0 bridgehead atoms. The number of hydrogen-bond donors (Lipinski definition) is 1. The molecule has 0 aromatic rings. The van der Waals surface area contributed by atoms with E-state index in [1.807, 2.05) is 6.92 Å². The standard InChI is InChI=1S/C4H8OS/c1-2-4(5)3-6/h3-5H,2H2,1H3. The molecule has 1 atom stereocenters. The second kappa shape index (κ2) is 3.25. The van der Waals surface area contributed by atoms with Gasteiger partial charge >= 0.3 is 0 Å². The summed E-state index contributed by atoms with van der Waals surface area (Å²) in [7, 11) is 0. The minimum Gasteiger partial charge on any atom is -0.388 e. The second-order valence-electron chi connectivity index (χ2n) is 1.11. The van der Waals surface area contributed by atoms with Crippen molar-refractivity contribution in [3.05, 3.63) is 0 Å². The molecule has 0 aromatic carbocycles. The Labute approximate surface area is 43.0 Å². The molecule has 1 N–H and O–H groups in total. The second-order valence-corrected chi connectivity index (χ2v) is 1.38. The summed E-state index contributed by atoms with van der Waals surface area (Å²) in [4.78, 5) is 0. The van der Waals surface area contributed by atoms with Crippen LogP contribution in [0.25, 0.3) is 0 Å². The van der Waals surface area contributed by atoms with Gasteiger partial charge in [-0.15, -0.1) is 0 Å². The van der Waals surface area contributed by atoms with Gasteiger partial charge in [-0.3, -0.25) is 0 Å². The van der Waals surface area contributed by atoms with E-state index in [0.29, 0.717) is 0 Å². The maximum Gasteiger partial charge on any atom is 0.0820 e. The van der Waals surface area contributed by atoms with Crippen LogP contribution in [0.4, 0.5) is 0 Å². The lowest BCUT2D eigenvalue weighted by atomic mass is 10.3. The Bertz CT molecular complexity index is 44.8. The lowest BCUT2D eigenvalue weighted by Crippen LogP contribution is -2.02. The Morgan fingerprint density at radius 2 is 2.50 bits per heavy atom. The SMILES string of the molecule is CCC(O)C=S. The summed E-state index contributed by atoms with van der Waals surface area (Å²) in [6, 6.07) is 0. The van der Waals surface area contributed by atoms with Gasteiger partial charge in [0.25, 0.3) is 0 Å². The Hall–Kier alpha value is 0.0500. The summed E-state index contributed by atoms with van der Waals surface area (Å²) in [5.41, 5.74) is 0. The molecule has 0 rings (SSSR count). The van der Waals surface area contributed by atoms with Crippen LogP contribution >= 0.6 is 12.2 Å². The third kappa shape index (κ3) is 2.30. The smallest absolute Gasteiger partial charge is 0.0820 e. The van der Waals surface area contributed by atoms with Crippen molar-refractivity contribution in [1.82, 2.24) is 0 Å². The molecule has 0 spiro atoms. The third-order valence-electron chi connectivity index (χ3n) is 0.575. The van der Waals surface area contributed by atoms with Crippen molar-refractivity contribution >= 4 is 17.6 Å². The summed E-state index contributed by atoms with van der Waals surface area (Å²) < 4.78 is 0. The van der Waals surface area contributed by atoms with Crippen molar-refractivity contribution in [3.63, 3.8) is 0 Å².